The first-order valence-corrected chi connectivity index (χ1v) is 4.06. The van der Waals surface area contributed by atoms with E-state index in [1.54, 1.807) is 0 Å². The second-order valence-electron chi connectivity index (χ2n) is 3.05. The topological polar surface area (TPSA) is 69.9 Å². The van der Waals surface area contributed by atoms with E-state index in [2.05, 4.69) is 0 Å². The Hall–Kier alpha value is -1.42. The van der Waals surface area contributed by atoms with Crippen molar-refractivity contribution in [1.82, 2.24) is 0 Å². The van der Waals surface area contributed by atoms with Gasteiger partial charge >= 0.3 is 0 Å². The summed E-state index contributed by atoms with van der Waals surface area (Å²) in [6.45, 7) is 0. The normalized spacial score (nSPS) is 20.5. The van der Waals surface area contributed by atoms with E-state index in [1.165, 1.54) is 12.1 Å². The van der Waals surface area contributed by atoms with E-state index in [-0.39, 0.29) is 11.5 Å². The summed E-state index contributed by atoms with van der Waals surface area (Å²) in [6.07, 6.45) is 0.183. The molecule has 0 aromatic heterocycles. The summed E-state index contributed by atoms with van der Waals surface area (Å²) in [4.78, 5) is 0. The Morgan fingerprint density at radius 2 is 2.08 bits per heavy atom. The molecule has 0 fully saturated rings. The SMILES string of the molecule is Oc1cc(O)c2c(c1)OC(O)CC2. The standard InChI is InChI=1S/C9H10O4/c10-5-3-7(11)6-1-2-9(12)13-8(6)4-5/h3-4,9-12H,1-2H2. The van der Waals surface area contributed by atoms with E-state index in [0.717, 1.165) is 0 Å². The molecule has 4 nitrogen and oxygen atoms in total. The molecule has 1 aromatic carbocycles. The van der Waals surface area contributed by atoms with Crippen LogP contribution in [0.15, 0.2) is 12.1 Å². The lowest BCUT2D eigenvalue weighted by Crippen LogP contribution is -2.21. The second-order valence-corrected chi connectivity index (χ2v) is 3.05. The van der Waals surface area contributed by atoms with E-state index in [0.29, 0.717) is 24.2 Å². The van der Waals surface area contributed by atoms with Crippen LogP contribution in [0.5, 0.6) is 17.2 Å². The number of aromatic hydroxyl groups is 2. The zero-order chi connectivity index (χ0) is 9.42. The van der Waals surface area contributed by atoms with Gasteiger partial charge in [-0.1, -0.05) is 0 Å². The van der Waals surface area contributed by atoms with E-state index in [9.17, 15) is 5.11 Å². The molecule has 3 N–H and O–H groups in total. The van der Waals surface area contributed by atoms with Gasteiger partial charge in [-0.3, -0.25) is 0 Å². The molecule has 4 heteroatoms. The lowest BCUT2D eigenvalue weighted by molar-refractivity contribution is -0.0320. The number of hydrogen-bond acceptors (Lipinski definition) is 4. The van der Waals surface area contributed by atoms with Gasteiger partial charge in [-0.05, 0) is 6.42 Å². The molecule has 1 aromatic rings. The fourth-order valence-electron chi connectivity index (χ4n) is 1.45. The highest BCUT2D eigenvalue weighted by atomic mass is 16.6. The monoisotopic (exact) mass is 182 g/mol. The van der Waals surface area contributed by atoms with Crippen LogP contribution in [-0.4, -0.2) is 21.6 Å². The molecular formula is C9H10O4. The van der Waals surface area contributed by atoms with Crippen molar-refractivity contribution in [1.29, 1.82) is 0 Å². The molecule has 1 atom stereocenters. The van der Waals surface area contributed by atoms with Crippen LogP contribution in [0.2, 0.25) is 0 Å². The first-order chi connectivity index (χ1) is 6.16. The lowest BCUT2D eigenvalue weighted by atomic mass is 10.0. The molecule has 1 unspecified atom stereocenters. The number of aliphatic hydroxyl groups is 1. The maximum atomic E-state index is 9.40. The van der Waals surface area contributed by atoms with Gasteiger partial charge in [0.2, 0.25) is 0 Å². The first-order valence-electron chi connectivity index (χ1n) is 4.06. The number of phenols is 2. The molecule has 0 bridgehead atoms. The Labute approximate surface area is 75.0 Å². The van der Waals surface area contributed by atoms with Crippen LogP contribution in [0.4, 0.5) is 0 Å². The highest BCUT2D eigenvalue weighted by Gasteiger charge is 2.20. The molecule has 1 aliphatic heterocycles. The van der Waals surface area contributed by atoms with Crippen molar-refractivity contribution in [3.05, 3.63) is 17.7 Å². The molecule has 1 aliphatic rings. The zero-order valence-corrected chi connectivity index (χ0v) is 6.90. The van der Waals surface area contributed by atoms with Gasteiger partial charge in [-0.2, -0.15) is 0 Å². The third-order valence-corrected chi connectivity index (χ3v) is 2.07. The van der Waals surface area contributed by atoms with Gasteiger partial charge in [0.25, 0.3) is 0 Å². The van der Waals surface area contributed by atoms with Crippen LogP contribution in [0.25, 0.3) is 0 Å². The molecular weight excluding hydrogens is 172 g/mol. The number of aliphatic hydroxyl groups excluding tert-OH is 1. The summed E-state index contributed by atoms with van der Waals surface area (Å²) in [5.74, 6) is 0.309. The van der Waals surface area contributed by atoms with Crippen molar-refractivity contribution in [2.45, 2.75) is 19.1 Å². The molecule has 0 spiro atoms. The van der Waals surface area contributed by atoms with Crippen LogP contribution >= 0.6 is 0 Å². The number of fused-ring (bicyclic) bond motifs is 1. The minimum absolute atomic E-state index is 0.0156. The average Bonchev–Trinajstić information content (AvgIpc) is 2.02. The Balaban J connectivity index is 2.47. The fraction of sp³-hybridized carbons (Fsp3) is 0.333. The fourth-order valence-corrected chi connectivity index (χ4v) is 1.45. The Morgan fingerprint density at radius 1 is 1.31 bits per heavy atom. The summed E-state index contributed by atoms with van der Waals surface area (Å²) in [5, 5.41) is 27.7. The van der Waals surface area contributed by atoms with Gasteiger partial charge in [-0.15, -0.1) is 0 Å². The number of rotatable bonds is 0. The van der Waals surface area contributed by atoms with Crippen molar-refractivity contribution in [3.8, 4) is 17.2 Å². The van der Waals surface area contributed by atoms with Crippen LogP contribution in [-0.2, 0) is 6.42 Å². The maximum Gasteiger partial charge on any atom is 0.197 e. The molecule has 0 aliphatic carbocycles. The van der Waals surface area contributed by atoms with Gasteiger partial charge in [0, 0.05) is 24.1 Å². The average molecular weight is 182 g/mol. The van der Waals surface area contributed by atoms with Crippen LogP contribution in [0.1, 0.15) is 12.0 Å². The van der Waals surface area contributed by atoms with Gasteiger partial charge in [0.05, 0.1) is 0 Å². The molecule has 0 saturated carbocycles. The van der Waals surface area contributed by atoms with Crippen molar-refractivity contribution in [2.24, 2.45) is 0 Å². The highest BCUT2D eigenvalue weighted by Crippen LogP contribution is 2.37. The molecule has 1 heterocycles. The molecule has 0 amide bonds. The van der Waals surface area contributed by atoms with Crippen molar-refractivity contribution in [2.75, 3.05) is 0 Å². The first kappa shape index (κ1) is 8.19. The number of ether oxygens (including phenoxy) is 1. The van der Waals surface area contributed by atoms with E-state index < -0.39 is 6.29 Å². The molecule has 70 valence electrons. The third kappa shape index (κ3) is 1.40. The molecule has 13 heavy (non-hydrogen) atoms. The van der Waals surface area contributed by atoms with E-state index in [1.807, 2.05) is 0 Å². The largest absolute Gasteiger partial charge is 0.508 e. The highest BCUT2D eigenvalue weighted by molar-refractivity contribution is 5.50. The minimum Gasteiger partial charge on any atom is -0.508 e. The summed E-state index contributed by atoms with van der Waals surface area (Å²) < 4.78 is 5.03. The predicted octanol–water partition coefficient (Wildman–Crippen LogP) is 0.741. The molecule has 2 rings (SSSR count). The summed E-state index contributed by atoms with van der Waals surface area (Å²) >= 11 is 0. The van der Waals surface area contributed by atoms with Crippen LogP contribution in [0.3, 0.4) is 0 Å². The van der Waals surface area contributed by atoms with Gasteiger partial charge in [-0.25, -0.2) is 0 Å². The minimum atomic E-state index is -0.839. The van der Waals surface area contributed by atoms with Gasteiger partial charge in [0.15, 0.2) is 6.29 Å². The maximum absolute atomic E-state index is 9.40. The zero-order valence-electron chi connectivity index (χ0n) is 6.90. The molecule has 0 radical (unpaired) electrons. The number of hydrogen-bond donors (Lipinski definition) is 3. The van der Waals surface area contributed by atoms with E-state index in [4.69, 9.17) is 14.9 Å². The van der Waals surface area contributed by atoms with Crippen molar-refractivity contribution in [3.63, 3.8) is 0 Å². The van der Waals surface area contributed by atoms with Gasteiger partial charge in [0.1, 0.15) is 17.2 Å². The number of phenolic OH excluding ortho intramolecular Hbond substituents is 2. The van der Waals surface area contributed by atoms with Crippen LogP contribution in [0, 0.1) is 0 Å². The van der Waals surface area contributed by atoms with Gasteiger partial charge < -0.3 is 20.1 Å². The van der Waals surface area contributed by atoms with Crippen molar-refractivity contribution < 1.29 is 20.1 Å². The quantitative estimate of drug-likeness (QED) is 0.553. The van der Waals surface area contributed by atoms with Crippen LogP contribution < -0.4 is 4.74 Å². The summed E-state index contributed by atoms with van der Waals surface area (Å²) in [5.41, 5.74) is 0.642. The van der Waals surface area contributed by atoms with Crippen molar-refractivity contribution >= 4 is 0 Å². The smallest absolute Gasteiger partial charge is 0.197 e. The Morgan fingerprint density at radius 3 is 2.85 bits per heavy atom. The summed E-state index contributed by atoms with van der Waals surface area (Å²) in [7, 11) is 0. The Bertz CT molecular complexity index is 335. The molecule has 0 saturated heterocycles. The van der Waals surface area contributed by atoms with E-state index >= 15 is 0 Å². The summed E-state index contributed by atoms with van der Waals surface area (Å²) in [6, 6.07) is 2.65. The second kappa shape index (κ2) is 2.81. The predicted molar refractivity (Wildman–Crippen MR) is 44.7 cm³/mol. The number of benzene rings is 1. The lowest BCUT2D eigenvalue weighted by Gasteiger charge is -2.22. The third-order valence-electron chi connectivity index (χ3n) is 2.07. The Kier molecular flexibility index (Phi) is 1.77.